The highest BCUT2D eigenvalue weighted by Gasteiger charge is 2.53. The van der Waals surface area contributed by atoms with Gasteiger partial charge in [-0.2, -0.15) is 10.1 Å². The van der Waals surface area contributed by atoms with Gasteiger partial charge in [0.2, 0.25) is 11.7 Å². The lowest BCUT2D eigenvalue weighted by Gasteiger charge is -2.42. The van der Waals surface area contributed by atoms with Crippen molar-refractivity contribution in [2.45, 2.75) is 205 Å². The number of nitrogen functional groups attached to an aromatic ring is 1. The van der Waals surface area contributed by atoms with Gasteiger partial charge in [0.15, 0.2) is 17.0 Å². The van der Waals surface area contributed by atoms with Crippen LogP contribution in [-0.4, -0.2) is 305 Å². The van der Waals surface area contributed by atoms with Crippen molar-refractivity contribution in [1.82, 2.24) is 39.8 Å². The summed E-state index contributed by atoms with van der Waals surface area (Å²) < 4.78 is 82.5. The largest absolute Gasteiger partial charge is 0.459 e. The second kappa shape index (κ2) is 51.1. The summed E-state index contributed by atoms with van der Waals surface area (Å²) in [7, 11) is 6.94. The SMILES string of the molecule is CO[C@H]1C[C@@H]2CC[C@@H](C)[C@@](O)(O2)C(=O)C(=O)N2CCCC[C@H]2C(=O)O[C@H]([C@H](N)C[C@@H]2CC[C@@H](OC(=O)NCCOCCOCCOCCOCCOCCOCCOCCOCCC(=O)N3CCc4cc(Cn5nc(-c6ccc7oc(N)nc7c6)c6c(N(C)C)ncnc65)ccc4C3)[C@H](OC)C2)CC(=O)[C@H](C)/C=C(\C)[C@@H](O)[C@@H](O)C(=O)[C@H](C)C[C@H](C)/C=C/C=CC=C1C. The number of anilines is 2. The van der Waals surface area contributed by atoms with Gasteiger partial charge < -0.3 is 113 Å². The van der Waals surface area contributed by atoms with Crippen LogP contribution in [0.5, 0.6) is 0 Å². The van der Waals surface area contributed by atoms with E-state index in [1.165, 1.54) is 25.7 Å². The van der Waals surface area contributed by atoms with Gasteiger partial charge in [-0.25, -0.2) is 24.2 Å². The molecule has 1 saturated carbocycles. The van der Waals surface area contributed by atoms with E-state index in [0.717, 1.165) is 50.5 Å². The fourth-order valence-electron chi connectivity index (χ4n) is 17.0. The summed E-state index contributed by atoms with van der Waals surface area (Å²) in [6.07, 6.45) is 9.35. The monoisotopic (exact) mass is 1790 g/mol. The molecule has 2 bridgehead atoms. The van der Waals surface area contributed by atoms with Crippen LogP contribution in [0, 0.1) is 29.6 Å². The fraction of sp³-hybridized carbons (Fsp3) is 0.645. The average molecular weight is 1790 g/mol. The maximum absolute atomic E-state index is 14.7. The number of fused-ring (bicyclic) bond motifs is 6. The first-order chi connectivity index (χ1) is 61.6. The Balaban J connectivity index is 0.549. The van der Waals surface area contributed by atoms with Crippen LogP contribution in [0.1, 0.15) is 142 Å². The van der Waals surface area contributed by atoms with Crippen molar-refractivity contribution in [2.75, 3.05) is 164 Å². The molecular weight excluding hydrogens is 1660 g/mol. The molecule has 8 N–H and O–H groups in total. The van der Waals surface area contributed by atoms with Gasteiger partial charge in [0.05, 0.1) is 142 Å². The molecule has 5 aliphatic rings. The van der Waals surface area contributed by atoms with Crippen LogP contribution < -0.4 is 21.7 Å². The van der Waals surface area contributed by atoms with Crippen molar-refractivity contribution >= 4 is 75.2 Å². The zero-order valence-corrected chi connectivity index (χ0v) is 76.0. The van der Waals surface area contributed by atoms with Crippen molar-refractivity contribution in [3.8, 4) is 11.3 Å². The summed E-state index contributed by atoms with van der Waals surface area (Å²) >= 11 is 0. The molecular formula is C93H135N11O24. The number of nitrogens with one attached hydrogen (secondary N) is 1. The number of nitrogens with zero attached hydrogens (tertiary/aromatic N) is 8. The Morgan fingerprint density at radius 1 is 0.719 bits per heavy atom. The molecule has 2 saturated heterocycles. The Hall–Kier alpha value is -8.89. The summed E-state index contributed by atoms with van der Waals surface area (Å²) in [4.78, 5) is 116. The lowest BCUT2D eigenvalue weighted by atomic mass is 9.80. The van der Waals surface area contributed by atoms with E-state index in [1.54, 1.807) is 34.2 Å². The van der Waals surface area contributed by atoms with Crippen LogP contribution in [0.2, 0.25) is 0 Å². The van der Waals surface area contributed by atoms with Crippen LogP contribution in [-0.2, 0) is 110 Å². The number of piperidine rings is 1. The van der Waals surface area contributed by atoms with Crippen LogP contribution in [0.4, 0.5) is 16.6 Å². The van der Waals surface area contributed by atoms with Crippen LogP contribution in [0.3, 0.4) is 0 Å². The molecule has 35 nitrogen and oxygen atoms in total. The molecule has 0 radical (unpaired) electrons. The number of methoxy groups -OCH3 is 2. The molecule has 5 aromatic rings. The molecule has 0 spiro atoms. The topological polar surface area (TPSA) is 444 Å². The quantitative estimate of drug-likeness (QED) is 0.00959. The number of benzene rings is 2. The number of alkyl carbamates (subject to hydrolysis) is 1. The normalized spacial score (nSPS) is 26.2. The Morgan fingerprint density at radius 2 is 1.39 bits per heavy atom. The lowest BCUT2D eigenvalue weighted by molar-refractivity contribution is -0.265. The first-order valence-electron chi connectivity index (χ1n) is 45.0. The first kappa shape index (κ1) is 101. The van der Waals surface area contributed by atoms with Crippen LogP contribution in [0.25, 0.3) is 33.4 Å². The first-order valence-corrected chi connectivity index (χ1v) is 45.0. The number of esters is 1. The second-order valence-corrected chi connectivity index (χ2v) is 34.2. The number of ketones is 3. The van der Waals surface area contributed by atoms with E-state index in [2.05, 4.69) is 38.5 Å². The number of aliphatic hydroxyl groups is 3. The maximum Gasteiger partial charge on any atom is 0.407 e. The van der Waals surface area contributed by atoms with E-state index in [4.69, 9.17) is 82.6 Å². The van der Waals surface area contributed by atoms with E-state index >= 15 is 0 Å². The highest BCUT2D eigenvalue weighted by Crippen LogP contribution is 2.40. The highest BCUT2D eigenvalue weighted by molar-refractivity contribution is 6.39. The fourth-order valence-corrected chi connectivity index (χ4v) is 17.0. The van der Waals surface area contributed by atoms with Gasteiger partial charge in [0.25, 0.3) is 17.7 Å². The van der Waals surface area contributed by atoms with E-state index in [9.17, 15) is 48.9 Å². The van der Waals surface area contributed by atoms with E-state index in [-0.39, 0.29) is 81.3 Å². The van der Waals surface area contributed by atoms with Crippen molar-refractivity contribution in [3.05, 3.63) is 107 Å². The van der Waals surface area contributed by atoms with Gasteiger partial charge in [-0.15, -0.1) is 0 Å². The molecule has 3 amide bonds. The summed E-state index contributed by atoms with van der Waals surface area (Å²) in [5.74, 6) is -8.51. The number of allylic oxidation sites excluding steroid dienone is 6. The molecule has 2 aromatic carbocycles. The molecule has 35 heteroatoms. The van der Waals surface area contributed by atoms with Crippen LogP contribution in [0.15, 0.2) is 94.7 Å². The summed E-state index contributed by atoms with van der Waals surface area (Å²) in [6, 6.07) is 9.91. The number of Topliss-reactive ketones (excluding diaryl/α,β-unsaturated/α-hetero) is 3. The Labute approximate surface area is 749 Å². The third-order valence-electron chi connectivity index (χ3n) is 24.4. The van der Waals surface area contributed by atoms with Crippen molar-refractivity contribution in [3.63, 3.8) is 0 Å². The number of oxazole rings is 1. The number of aliphatic hydroxyl groups excluding tert-OH is 2. The Morgan fingerprint density at radius 3 is 2.05 bits per heavy atom. The number of nitrogens with two attached hydrogens (primary N) is 2. The zero-order valence-electron chi connectivity index (χ0n) is 76.0. The number of hydrogen-bond donors (Lipinski definition) is 6. The molecule has 0 unspecified atom stereocenters. The standard InChI is InChI=1S/C93H135N11O24/c1-59-16-12-11-13-17-60(2)77(115-9)54-70-24-19-64(6)93(114,128-70)86(110)89(111)103-30-15-14-18-73(103)90(112)125-78(55-74(105)61(3)49-63(5)84(108)85(109)83(107)62(4)48-59)71(94)51-65-21-25-76(79(52-65)116-10)127-92(113)96-29-33-118-35-37-120-39-41-122-43-45-124-47-46-123-44-42-121-40-38-119-36-34-117-32-28-80(106)102-31-27-67-50-66(20-22-69(67)57-102)56-104-88-81(87(101(7)8)97-58-98-88)82(100-104)68-23-26-75-72(53-68)99-91(95)126-75/h11-13,16-17,20,22-23,26,49-50,53,58-59,61-62,64-65,70-71,73,76-79,84-85,108-109,114H,14-15,18-19,21,24-25,27-48,51-52,54-57,94H2,1-10H3,(H2,95,99)(H,96,113)/b13-11?,16-12+,60-17?,63-49+/t59-,61-,62-,64-,65+,70+,71-,73+,76-,77+,78+,79-,84-,85+,93-/m1/s1. The third-order valence-corrected chi connectivity index (χ3v) is 24.4. The number of ether oxygens (including phenoxy) is 13. The summed E-state index contributed by atoms with van der Waals surface area (Å²) in [5.41, 5.74) is 20.8. The minimum Gasteiger partial charge on any atom is -0.459 e. The Kier molecular flexibility index (Phi) is 40.4. The summed E-state index contributed by atoms with van der Waals surface area (Å²) in [6.45, 7) is 17.8. The molecule has 3 aromatic heterocycles. The molecule has 706 valence electrons. The van der Waals surface area contributed by atoms with Gasteiger partial charge >= 0.3 is 12.1 Å². The van der Waals surface area contributed by atoms with Gasteiger partial charge in [-0.1, -0.05) is 82.4 Å². The molecule has 15 atom stereocenters. The molecule has 128 heavy (non-hydrogen) atoms. The van der Waals surface area contributed by atoms with Gasteiger partial charge in [0, 0.05) is 96.7 Å². The smallest absolute Gasteiger partial charge is 0.407 e. The van der Waals surface area contributed by atoms with Crippen molar-refractivity contribution in [1.29, 1.82) is 0 Å². The van der Waals surface area contributed by atoms with E-state index in [0.29, 0.717) is 180 Å². The van der Waals surface area contributed by atoms with E-state index in [1.807, 2.05) is 91.0 Å². The Bertz CT molecular complexity index is 4550. The molecule has 10 rings (SSSR count). The summed E-state index contributed by atoms with van der Waals surface area (Å²) in [5, 5.41) is 43.2. The molecule has 3 fully saturated rings. The molecule has 7 heterocycles. The molecule has 4 aliphatic heterocycles. The maximum atomic E-state index is 14.7. The second-order valence-electron chi connectivity index (χ2n) is 34.2. The number of rotatable bonds is 37. The van der Waals surface area contributed by atoms with E-state index < -0.39 is 120 Å². The predicted octanol–water partition coefficient (Wildman–Crippen LogP) is 7.70. The third kappa shape index (κ3) is 29.3. The number of carbonyl (C=O) groups is 7. The van der Waals surface area contributed by atoms with Gasteiger partial charge in [-0.3, -0.25) is 24.0 Å². The number of carbonyl (C=O) groups excluding carboxylic acids is 7. The average Bonchev–Trinajstić information content (AvgIpc) is 1.60. The molecule has 1 aliphatic carbocycles. The van der Waals surface area contributed by atoms with Gasteiger partial charge in [-0.05, 0) is 142 Å². The zero-order chi connectivity index (χ0) is 91.8. The predicted molar refractivity (Wildman–Crippen MR) is 474 cm³/mol. The van der Waals surface area contributed by atoms with Crippen LogP contribution >= 0.6 is 0 Å². The highest BCUT2D eigenvalue weighted by atomic mass is 16.6. The minimum atomic E-state index is -2.51. The number of cyclic esters (lactones) is 1. The number of hydrogen-bond acceptors (Lipinski definition) is 31. The lowest BCUT2D eigenvalue weighted by Crippen LogP contribution is -2.61. The van der Waals surface area contributed by atoms with Gasteiger partial charge in [0.1, 0.15) is 59.6 Å². The van der Waals surface area contributed by atoms with Crippen molar-refractivity contribution < 1.29 is 115 Å². The number of aromatic nitrogens is 5. The van der Waals surface area contributed by atoms with Crippen molar-refractivity contribution in [2.24, 2.45) is 35.3 Å². The minimum absolute atomic E-state index is 0.00215. The number of amides is 3.